The van der Waals surface area contributed by atoms with Gasteiger partial charge >= 0.3 is 0 Å². The van der Waals surface area contributed by atoms with Gasteiger partial charge in [0.25, 0.3) is 5.89 Å². The topological polar surface area (TPSA) is 86.0 Å². The summed E-state index contributed by atoms with van der Waals surface area (Å²) in [5, 5.41) is 15.4. The number of aromatic nitrogens is 4. The Balaban J connectivity index is 1.42. The number of anilines is 1. The fourth-order valence-electron chi connectivity index (χ4n) is 2.52. The van der Waals surface area contributed by atoms with Crippen molar-refractivity contribution in [3.8, 4) is 28.7 Å². The molecule has 0 aliphatic rings. The molecule has 0 spiro atoms. The van der Waals surface area contributed by atoms with E-state index in [1.54, 1.807) is 31.4 Å². The first kappa shape index (κ1) is 17.6. The van der Waals surface area contributed by atoms with E-state index in [-0.39, 0.29) is 11.7 Å². The van der Waals surface area contributed by atoms with E-state index < -0.39 is 0 Å². The first-order chi connectivity index (χ1) is 13.7. The van der Waals surface area contributed by atoms with Crippen LogP contribution in [0.15, 0.2) is 65.2 Å². The van der Waals surface area contributed by atoms with E-state index in [1.807, 2.05) is 24.3 Å². The van der Waals surface area contributed by atoms with Crippen molar-refractivity contribution in [3.05, 3.63) is 72.0 Å². The number of nitrogens with one attached hydrogen (secondary N) is 1. The molecule has 7 nitrogen and oxygen atoms in total. The first-order valence-electron chi connectivity index (χ1n) is 8.52. The van der Waals surface area contributed by atoms with Crippen LogP contribution in [0.2, 0.25) is 0 Å². The van der Waals surface area contributed by atoms with Crippen molar-refractivity contribution in [2.24, 2.45) is 0 Å². The molecule has 1 N–H and O–H groups in total. The van der Waals surface area contributed by atoms with Crippen LogP contribution in [-0.2, 0) is 6.54 Å². The minimum absolute atomic E-state index is 0.244. The van der Waals surface area contributed by atoms with E-state index in [2.05, 4.69) is 25.7 Å². The minimum atomic E-state index is -0.323. The maximum atomic E-state index is 13.0. The smallest absolute Gasteiger partial charge is 0.278 e. The molecule has 140 valence electrons. The molecule has 0 saturated carbocycles. The predicted octanol–water partition coefficient (Wildman–Crippen LogP) is 3.95. The molecule has 0 amide bonds. The third kappa shape index (κ3) is 3.96. The number of hydrogen-bond donors (Lipinski definition) is 1. The van der Waals surface area contributed by atoms with E-state index >= 15 is 0 Å². The molecular formula is C20H16FN5O2. The molecule has 4 rings (SSSR count). The van der Waals surface area contributed by atoms with Crippen LogP contribution in [0.1, 0.15) is 5.56 Å². The Morgan fingerprint density at radius 3 is 2.43 bits per heavy atom. The molecule has 2 heterocycles. The van der Waals surface area contributed by atoms with E-state index in [1.165, 1.54) is 12.1 Å². The van der Waals surface area contributed by atoms with Gasteiger partial charge in [-0.1, -0.05) is 17.3 Å². The number of benzene rings is 2. The van der Waals surface area contributed by atoms with Crippen molar-refractivity contribution in [1.29, 1.82) is 0 Å². The van der Waals surface area contributed by atoms with Crippen molar-refractivity contribution < 1.29 is 13.7 Å². The minimum Gasteiger partial charge on any atom is -0.497 e. The van der Waals surface area contributed by atoms with E-state index in [4.69, 9.17) is 9.26 Å². The zero-order chi connectivity index (χ0) is 19.3. The van der Waals surface area contributed by atoms with Crippen LogP contribution >= 0.6 is 0 Å². The van der Waals surface area contributed by atoms with Gasteiger partial charge in [-0.15, -0.1) is 10.2 Å². The highest BCUT2D eigenvalue weighted by Crippen LogP contribution is 2.21. The summed E-state index contributed by atoms with van der Waals surface area (Å²) >= 11 is 0. The average Bonchev–Trinajstić information content (AvgIpc) is 3.24. The number of rotatable bonds is 6. The molecule has 0 fully saturated rings. The van der Waals surface area contributed by atoms with E-state index in [9.17, 15) is 4.39 Å². The monoisotopic (exact) mass is 377 g/mol. The molecule has 8 heteroatoms. The first-order valence-corrected chi connectivity index (χ1v) is 8.52. The third-order valence-electron chi connectivity index (χ3n) is 4.04. The lowest BCUT2D eigenvalue weighted by Gasteiger charge is -2.06. The summed E-state index contributed by atoms with van der Waals surface area (Å²) < 4.78 is 23.4. The number of nitrogens with zero attached hydrogens (tertiary/aromatic N) is 4. The molecule has 0 radical (unpaired) electrons. The summed E-state index contributed by atoms with van der Waals surface area (Å²) in [6.45, 7) is 0.604. The Labute approximate surface area is 160 Å². The van der Waals surface area contributed by atoms with Gasteiger partial charge in [-0.2, -0.15) is 4.98 Å². The number of hydrogen-bond acceptors (Lipinski definition) is 7. The molecule has 0 aliphatic carbocycles. The van der Waals surface area contributed by atoms with Crippen LogP contribution in [0.25, 0.3) is 23.0 Å². The molecule has 28 heavy (non-hydrogen) atoms. The molecule has 0 unspecified atom stereocenters. The molecule has 2 aromatic carbocycles. The lowest BCUT2D eigenvalue weighted by atomic mass is 10.2. The molecule has 0 aliphatic heterocycles. The zero-order valence-electron chi connectivity index (χ0n) is 15.0. The van der Waals surface area contributed by atoms with Crippen molar-refractivity contribution in [2.45, 2.75) is 6.54 Å². The number of ether oxygens (including phenoxy) is 1. The second kappa shape index (κ2) is 7.83. The van der Waals surface area contributed by atoms with Crippen molar-refractivity contribution >= 4 is 5.82 Å². The average molecular weight is 377 g/mol. The Kier molecular flexibility index (Phi) is 4.92. The zero-order valence-corrected chi connectivity index (χ0v) is 15.0. The molecule has 4 aromatic rings. The van der Waals surface area contributed by atoms with Gasteiger partial charge in [0.2, 0.25) is 5.82 Å². The lowest BCUT2D eigenvalue weighted by Crippen LogP contribution is -2.02. The molecule has 0 bridgehead atoms. The van der Waals surface area contributed by atoms with E-state index in [0.29, 0.717) is 29.4 Å². The van der Waals surface area contributed by atoms with Gasteiger partial charge in [-0.25, -0.2) is 4.39 Å². The normalized spacial score (nSPS) is 10.6. The maximum Gasteiger partial charge on any atom is 0.278 e. The van der Waals surface area contributed by atoms with Crippen LogP contribution in [0.4, 0.5) is 10.2 Å². The number of methoxy groups -OCH3 is 1. The molecule has 2 aromatic heterocycles. The van der Waals surface area contributed by atoms with Crippen LogP contribution in [0, 0.1) is 5.82 Å². The predicted molar refractivity (Wildman–Crippen MR) is 101 cm³/mol. The Morgan fingerprint density at radius 1 is 0.964 bits per heavy atom. The molecule has 0 saturated heterocycles. The van der Waals surface area contributed by atoms with Gasteiger partial charge in [-0.05, 0) is 54.1 Å². The third-order valence-corrected chi connectivity index (χ3v) is 4.04. The summed E-state index contributed by atoms with van der Waals surface area (Å²) in [6, 6.07) is 17.1. The molecular weight excluding hydrogens is 361 g/mol. The van der Waals surface area contributed by atoms with E-state index in [0.717, 1.165) is 11.3 Å². The maximum absolute atomic E-state index is 13.0. The summed E-state index contributed by atoms with van der Waals surface area (Å²) in [6.07, 6.45) is 0. The highest BCUT2D eigenvalue weighted by molar-refractivity contribution is 5.58. The lowest BCUT2D eigenvalue weighted by molar-refractivity contribution is 0.414. The van der Waals surface area contributed by atoms with Gasteiger partial charge in [0.1, 0.15) is 17.4 Å². The van der Waals surface area contributed by atoms with Crippen LogP contribution < -0.4 is 10.1 Å². The fourth-order valence-corrected chi connectivity index (χ4v) is 2.52. The standard InChI is InChI=1S/C20H16FN5O2/c1-27-16-8-2-13(3-9-16)12-22-18-11-10-17(24-25-18)20-23-19(26-28-20)14-4-6-15(21)7-5-14/h2-11H,12H2,1H3,(H,22,25). The number of halogens is 1. The summed E-state index contributed by atoms with van der Waals surface area (Å²) in [7, 11) is 1.64. The SMILES string of the molecule is COc1ccc(CNc2ccc(-c3nc(-c4ccc(F)cc4)no3)nn2)cc1. The second-order valence-corrected chi connectivity index (χ2v) is 5.94. The van der Waals surface area contributed by atoms with Crippen LogP contribution in [0.5, 0.6) is 5.75 Å². The highest BCUT2D eigenvalue weighted by atomic mass is 19.1. The van der Waals surface area contributed by atoms with Gasteiger partial charge in [0.05, 0.1) is 7.11 Å². The molecule has 0 atom stereocenters. The van der Waals surface area contributed by atoms with Crippen LogP contribution in [-0.4, -0.2) is 27.4 Å². The largest absolute Gasteiger partial charge is 0.497 e. The van der Waals surface area contributed by atoms with Crippen molar-refractivity contribution in [3.63, 3.8) is 0 Å². The van der Waals surface area contributed by atoms with Gasteiger partial charge in [0.15, 0.2) is 5.69 Å². The van der Waals surface area contributed by atoms with Crippen molar-refractivity contribution in [2.75, 3.05) is 12.4 Å². The highest BCUT2D eigenvalue weighted by Gasteiger charge is 2.12. The summed E-state index contributed by atoms with van der Waals surface area (Å²) in [5.74, 6) is 1.72. The second-order valence-electron chi connectivity index (χ2n) is 5.94. The Morgan fingerprint density at radius 2 is 1.75 bits per heavy atom. The summed E-state index contributed by atoms with van der Waals surface area (Å²) in [5.41, 5.74) is 2.20. The Bertz CT molecular complexity index is 1050. The Hall–Kier alpha value is -3.81. The van der Waals surface area contributed by atoms with Gasteiger partial charge in [-0.3, -0.25) is 0 Å². The van der Waals surface area contributed by atoms with Gasteiger partial charge < -0.3 is 14.6 Å². The summed E-state index contributed by atoms with van der Waals surface area (Å²) in [4.78, 5) is 4.28. The fraction of sp³-hybridized carbons (Fsp3) is 0.100. The quantitative estimate of drug-likeness (QED) is 0.544. The van der Waals surface area contributed by atoms with Crippen molar-refractivity contribution in [1.82, 2.24) is 20.3 Å². The van der Waals surface area contributed by atoms with Gasteiger partial charge in [0, 0.05) is 12.1 Å². The van der Waals surface area contributed by atoms with Crippen LogP contribution in [0.3, 0.4) is 0 Å².